The minimum atomic E-state index is -0.267. The molecule has 1 amide bonds. The summed E-state index contributed by atoms with van der Waals surface area (Å²) in [6, 6.07) is 10.0. The number of hydrogen-bond acceptors (Lipinski definition) is 3. The molecular formula is C18H23N3O. The third kappa shape index (κ3) is 4.58. The summed E-state index contributed by atoms with van der Waals surface area (Å²) in [7, 11) is 0. The standard InChI is InChI=1S/C18H23N3O/c1-5-13-6-8-15(9-7-13)20-16-10-14(11-19-12-16)17(22)21-18(2,3)4/h6-12,20H,5H2,1-4H3,(H,21,22). The first-order valence-electron chi connectivity index (χ1n) is 7.51. The van der Waals surface area contributed by atoms with E-state index in [1.54, 1.807) is 12.4 Å². The van der Waals surface area contributed by atoms with Crippen molar-refractivity contribution in [3.05, 3.63) is 53.9 Å². The Bertz CT molecular complexity index is 642. The maximum absolute atomic E-state index is 12.2. The molecule has 0 fully saturated rings. The average Bonchev–Trinajstić information content (AvgIpc) is 2.46. The average molecular weight is 297 g/mol. The highest BCUT2D eigenvalue weighted by atomic mass is 16.1. The lowest BCUT2D eigenvalue weighted by Gasteiger charge is -2.20. The molecule has 0 radical (unpaired) electrons. The Morgan fingerprint density at radius 3 is 2.36 bits per heavy atom. The van der Waals surface area contributed by atoms with Crippen molar-refractivity contribution in [3.63, 3.8) is 0 Å². The van der Waals surface area contributed by atoms with Gasteiger partial charge in [-0.15, -0.1) is 0 Å². The number of nitrogens with one attached hydrogen (secondary N) is 2. The molecule has 0 bridgehead atoms. The van der Waals surface area contributed by atoms with Crippen molar-refractivity contribution in [2.24, 2.45) is 0 Å². The summed E-state index contributed by atoms with van der Waals surface area (Å²) >= 11 is 0. The number of anilines is 2. The van der Waals surface area contributed by atoms with Gasteiger partial charge in [0, 0.05) is 17.4 Å². The Morgan fingerprint density at radius 2 is 1.77 bits per heavy atom. The fourth-order valence-corrected chi connectivity index (χ4v) is 2.04. The van der Waals surface area contributed by atoms with Gasteiger partial charge in [-0.05, 0) is 51.0 Å². The summed E-state index contributed by atoms with van der Waals surface area (Å²) in [5.74, 6) is -0.120. The fraction of sp³-hybridized carbons (Fsp3) is 0.333. The van der Waals surface area contributed by atoms with Crippen molar-refractivity contribution >= 4 is 17.3 Å². The Labute approximate surface area is 132 Å². The molecule has 4 heteroatoms. The van der Waals surface area contributed by atoms with E-state index in [1.165, 1.54) is 5.56 Å². The number of hydrogen-bond donors (Lipinski definition) is 2. The van der Waals surface area contributed by atoms with E-state index in [9.17, 15) is 4.79 Å². The summed E-state index contributed by atoms with van der Waals surface area (Å²) in [5.41, 5.74) is 3.35. The summed E-state index contributed by atoms with van der Waals surface area (Å²) in [6.45, 7) is 7.99. The minimum absolute atomic E-state index is 0.120. The minimum Gasteiger partial charge on any atom is -0.354 e. The summed E-state index contributed by atoms with van der Waals surface area (Å²) in [5, 5.41) is 6.21. The normalized spacial score (nSPS) is 11.1. The molecule has 1 heterocycles. The zero-order valence-corrected chi connectivity index (χ0v) is 13.6. The van der Waals surface area contributed by atoms with Crippen molar-refractivity contribution < 1.29 is 4.79 Å². The first-order chi connectivity index (χ1) is 10.4. The number of pyridine rings is 1. The van der Waals surface area contributed by atoms with E-state index in [1.807, 2.05) is 39.0 Å². The van der Waals surface area contributed by atoms with Gasteiger partial charge in [0.05, 0.1) is 17.4 Å². The number of aryl methyl sites for hydroxylation is 1. The zero-order chi connectivity index (χ0) is 16.2. The second-order valence-corrected chi connectivity index (χ2v) is 6.34. The molecule has 0 spiro atoms. The molecule has 0 aliphatic heterocycles. The van der Waals surface area contributed by atoms with Gasteiger partial charge in [0.15, 0.2) is 0 Å². The molecule has 0 saturated heterocycles. The molecular weight excluding hydrogens is 274 g/mol. The lowest BCUT2D eigenvalue weighted by molar-refractivity contribution is 0.0919. The van der Waals surface area contributed by atoms with E-state index in [0.29, 0.717) is 5.56 Å². The van der Waals surface area contributed by atoms with Gasteiger partial charge in [-0.1, -0.05) is 19.1 Å². The molecule has 1 aromatic carbocycles. The third-order valence-electron chi connectivity index (χ3n) is 3.14. The van der Waals surface area contributed by atoms with Gasteiger partial charge >= 0.3 is 0 Å². The largest absolute Gasteiger partial charge is 0.354 e. The second kappa shape index (κ2) is 6.60. The van der Waals surface area contributed by atoms with Crippen LogP contribution < -0.4 is 10.6 Å². The first kappa shape index (κ1) is 16.0. The number of nitrogens with zero attached hydrogens (tertiary/aromatic N) is 1. The van der Waals surface area contributed by atoms with Crippen LogP contribution in [0.1, 0.15) is 43.6 Å². The molecule has 2 aromatic rings. The van der Waals surface area contributed by atoms with E-state index < -0.39 is 0 Å². The lowest BCUT2D eigenvalue weighted by atomic mass is 10.1. The van der Waals surface area contributed by atoms with E-state index in [0.717, 1.165) is 17.8 Å². The Balaban J connectivity index is 2.12. The molecule has 4 nitrogen and oxygen atoms in total. The van der Waals surface area contributed by atoms with Crippen LogP contribution in [0.5, 0.6) is 0 Å². The van der Waals surface area contributed by atoms with Crippen LogP contribution in [0.15, 0.2) is 42.7 Å². The predicted molar refractivity (Wildman–Crippen MR) is 90.6 cm³/mol. The van der Waals surface area contributed by atoms with E-state index in [4.69, 9.17) is 0 Å². The molecule has 1 aromatic heterocycles. The highest BCUT2D eigenvalue weighted by Crippen LogP contribution is 2.18. The molecule has 22 heavy (non-hydrogen) atoms. The topological polar surface area (TPSA) is 54.0 Å². The summed E-state index contributed by atoms with van der Waals surface area (Å²) in [6.07, 6.45) is 4.30. The van der Waals surface area contributed by atoms with E-state index >= 15 is 0 Å². The number of amides is 1. The smallest absolute Gasteiger partial charge is 0.253 e. The molecule has 0 aliphatic carbocycles. The van der Waals surface area contributed by atoms with Gasteiger partial charge in [-0.3, -0.25) is 9.78 Å². The van der Waals surface area contributed by atoms with Crippen LogP contribution in [0.4, 0.5) is 11.4 Å². The van der Waals surface area contributed by atoms with Gasteiger partial charge in [-0.25, -0.2) is 0 Å². The highest BCUT2D eigenvalue weighted by molar-refractivity contribution is 5.95. The van der Waals surface area contributed by atoms with Crippen LogP contribution in [0.25, 0.3) is 0 Å². The highest BCUT2D eigenvalue weighted by Gasteiger charge is 2.15. The number of rotatable bonds is 4. The number of aromatic nitrogens is 1. The van der Waals surface area contributed by atoms with Gasteiger partial charge in [0.2, 0.25) is 0 Å². The second-order valence-electron chi connectivity index (χ2n) is 6.34. The molecule has 0 aliphatic rings. The number of carbonyl (C=O) groups excluding carboxylic acids is 1. The first-order valence-corrected chi connectivity index (χ1v) is 7.51. The molecule has 2 N–H and O–H groups in total. The van der Waals surface area contributed by atoms with Gasteiger partial charge in [0.25, 0.3) is 5.91 Å². The Kier molecular flexibility index (Phi) is 4.81. The van der Waals surface area contributed by atoms with Crippen molar-refractivity contribution in [2.45, 2.75) is 39.7 Å². The predicted octanol–water partition coefficient (Wildman–Crippen LogP) is 3.92. The van der Waals surface area contributed by atoms with Crippen LogP contribution in [-0.4, -0.2) is 16.4 Å². The van der Waals surface area contributed by atoms with Crippen LogP contribution in [0.2, 0.25) is 0 Å². The Morgan fingerprint density at radius 1 is 1.09 bits per heavy atom. The quantitative estimate of drug-likeness (QED) is 0.899. The van der Waals surface area contributed by atoms with Crippen molar-refractivity contribution in [2.75, 3.05) is 5.32 Å². The molecule has 2 rings (SSSR count). The van der Waals surface area contributed by atoms with Gasteiger partial charge in [0.1, 0.15) is 0 Å². The van der Waals surface area contributed by atoms with E-state index in [-0.39, 0.29) is 11.4 Å². The van der Waals surface area contributed by atoms with Crippen molar-refractivity contribution in [3.8, 4) is 0 Å². The van der Waals surface area contributed by atoms with Gasteiger partial charge < -0.3 is 10.6 Å². The van der Waals surface area contributed by atoms with Crippen molar-refractivity contribution in [1.82, 2.24) is 10.3 Å². The SMILES string of the molecule is CCc1ccc(Nc2cncc(C(=O)NC(C)(C)C)c2)cc1. The van der Waals surface area contributed by atoms with Crippen molar-refractivity contribution in [1.29, 1.82) is 0 Å². The van der Waals surface area contributed by atoms with E-state index in [2.05, 4.69) is 34.7 Å². The third-order valence-corrected chi connectivity index (χ3v) is 3.14. The number of benzene rings is 1. The summed E-state index contributed by atoms with van der Waals surface area (Å²) in [4.78, 5) is 16.3. The monoisotopic (exact) mass is 297 g/mol. The zero-order valence-electron chi connectivity index (χ0n) is 13.6. The lowest BCUT2D eigenvalue weighted by Crippen LogP contribution is -2.40. The van der Waals surface area contributed by atoms with Gasteiger partial charge in [-0.2, -0.15) is 0 Å². The Hall–Kier alpha value is -2.36. The molecule has 0 unspecified atom stereocenters. The molecule has 0 saturated carbocycles. The fourth-order valence-electron chi connectivity index (χ4n) is 2.04. The van der Waals surface area contributed by atoms with Crippen LogP contribution >= 0.6 is 0 Å². The van der Waals surface area contributed by atoms with Crippen LogP contribution in [0, 0.1) is 0 Å². The van der Waals surface area contributed by atoms with Crippen LogP contribution in [-0.2, 0) is 6.42 Å². The molecule has 116 valence electrons. The maximum Gasteiger partial charge on any atom is 0.253 e. The maximum atomic E-state index is 12.2. The summed E-state index contributed by atoms with van der Waals surface area (Å²) < 4.78 is 0. The number of carbonyl (C=O) groups is 1. The molecule has 0 atom stereocenters. The van der Waals surface area contributed by atoms with Crippen LogP contribution in [0.3, 0.4) is 0 Å².